The van der Waals surface area contributed by atoms with E-state index >= 15 is 0 Å². The fourth-order valence-corrected chi connectivity index (χ4v) is 8.04. The minimum absolute atomic E-state index is 0.0276. The molecule has 4 saturated carbocycles. The molecule has 0 aromatic rings. The first-order valence-electron chi connectivity index (χ1n) is 11.1. The van der Waals surface area contributed by atoms with Gasteiger partial charge in [-0.15, -0.1) is 0 Å². The van der Waals surface area contributed by atoms with E-state index in [-0.39, 0.29) is 43.1 Å². The second-order valence-electron chi connectivity index (χ2n) is 10.7. The van der Waals surface area contributed by atoms with Crippen LogP contribution in [0.25, 0.3) is 0 Å². The summed E-state index contributed by atoms with van der Waals surface area (Å²) in [7, 11) is 1.51. The maximum atomic E-state index is 13.7. The lowest BCUT2D eigenvalue weighted by Gasteiger charge is -2.64. The summed E-state index contributed by atoms with van der Waals surface area (Å²) in [5, 5.41) is 22.7. The van der Waals surface area contributed by atoms with Gasteiger partial charge in [0.05, 0.1) is 30.8 Å². The molecule has 0 aromatic heterocycles. The Morgan fingerprint density at radius 2 is 1.90 bits per heavy atom. The summed E-state index contributed by atoms with van der Waals surface area (Å²) in [6, 6.07) is 0. The molecule has 0 aliphatic heterocycles. The Bertz CT molecular complexity index is 765. The quantitative estimate of drug-likeness (QED) is 0.661. The Hall–Kier alpha value is -1.31. The number of aliphatic hydroxyl groups excluding tert-OH is 2. The first kappa shape index (κ1) is 21.9. The molecule has 0 heterocycles. The molecule has 2 bridgehead atoms. The molecule has 0 unspecified atom stereocenters. The topological polar surface area (TPSA) is 110 Å². The van der Waals surface area contributed by atoms with Crippen LogP contribution in [0, 0.1) is 39.9 Å². The highest BCUT2D eigenvalue weighted by Crippen LogP contribution is 2.70. The van der Waals surface area contributed by atoms with E-state index in [0.29, 0.717) is 6.42 Å². The van der Waals surface area contributed by atoms with E-state index in [0.717, 1.165) is 19.3 Å². The van der Waals surface area contributed by atoms with Crippen molar-refractivity contribution in [3.63, 3.8) is 0 Å². The third-order valence-corrected chi connectivity index (χ3v) is 9.13. The number of ketones is 2. The molecular weight excluding hydrogens is 388 g/mol. The number of carbonyl (C=O) groups is 3. The Labute approximate surface area is 177 Å². The van der Waals surface area contributed by atoms with Crippen molar-refractivity contribution in [3.05, 3.63) is 0 Å². The number of Topliss-reactive ketones (excluding diaryl/α,β-unsaturated/α-hetero) is 2. The number of hydrogen-bond donors (Lipinski definition) is 2. The van der Waals surface area contributed by atoms with Crippen LogP contribution in [0.2, 0.25) is 0 Å². The van der Waals surface area contributed by atoms with Gasteiger partial charge in [-0.05, 0) is 30.6 Å². The van der Waals surface area contributed by atoms with Crippen molar-refractivity contribution in [2.45, 2.75) is 65.1 Å². The summed E-state index contributed by atoms with van der Waals surface area (Å²) in [6.07, 6.45) is 0.727. The highest BCUT2D eigenvalue weighted by molar-refractivity contribution is 6.01. The fourth-order valence-electron chi connectivity index (χ4n) is 8.04. The van der Waals surface area contributed by atoms with Gasteiger partial charge in [0.2, 0.25) is 0 Å². The molecular formula is C23H34O7. The number of carbonyl (C=O) groups excluding carboxylic acids is 3. The molecule has 4 rings (SSSR count). The van der Waals surface area contributed by atoms with Gasteiger partial charge in [-0.1, -0.05) is 20.3 Å². The van der Waals surface area contributed by atoms with Crippen molar-refractivity contribution in [1.29, 1.82) is 0 Å². The predicted octanol–water partition coefficient (Wildman–Crippen LogP) is 1.52. The summed E-state index contributed by atoms with van der Waals surface area (Å²) in [4.78, 5) is 38.7. The van der Waals surface area contributed by atoms with Gasteiger partial charge in [-0.3, -0.25) is 14.4 Å². The predicted molar refractivity (Wildman–Crippen MR) is 106 cm³/mol. The highest BCUT2D eigenvalue weighted by Gasteiger charge is 2.77. The van der Waals surface area contributed by atoms with E-state index in [4.69, 9.17) is 9.47 Å². The third kappa shape index (κ3) is 2.64. The van der Waals surface area contributed by atoms with Gasteiger partial charge in [-0.25, -0.2) is 0 Å². The molecule has 1 spiro atoms. The average molecular weight is 423 g/mol. The molecule has 7 heteroatoms. The van der Waals surface area contributed by atoms with Crippen molar-refractivity contribution in [1.82, 2.24) is 0 Å². The van der Waals surface area contributed by atoms with Gasteiger partial charge < -0.3 is 19.7 Å². The van der Waals surface area contributed by atoms with E-state index in [2.05, 4.69) is 6.92 Å². The van der Waals surface area contributed by atoms with Gasteiger partial charge in [0.25, 0.3) is 0 Å². The van der Waals surface area contributed by atoms with Crippen molar-refractivity contribution < 1.29 is 34.1 Å². The molecule has 0 aromatic carbocycles. The molecule has 4 aliphatic rings. The number of ether oxygens (including phenoxy) is 2. The van der Waals surface area contributed by atoms with E-state index in [1.807, 2.05) is 6.92 Å². The summed E-state index contributed by atoms with van der Waals surface area (Å²) >= 11 is 0. The van der Waals surface area contributed by atoms with Gasteiger partial charge in [0.1, 0.15) is 5.78 Å². The van der Waals surface area contributed by atoms with Gasteiger partial charge in [0.15, 0.2) is 5.78 Å². The molecule has 4 fully saturated rings. The Morgan fingerprint density at radius 3 is 2.53 bits per heavy atom. The van der Waals surface area contributed by atoms with Crippen LogP contribution < -0.4 is 0 Å². The second kappa shape index (κ2) is 7.10. The zero-order valence-electron chi connectivity index (χ0n) is 18.3. The molecule has 2 N–H and O–H groups in total. The zero-order chi connectivity index (χ0) is 22.1. The fraction of sp³-hybridized carbons (Fsp3) is 0.870. The largest absolute Gasteiger partial charge is 0.465 e. The van der Waals surface area contributed by atoms with Crippen LogP contribution >= 0.6 is 0 Å². The zero-order valence-corrected chi connectivity index (χ0v) is 18.3. The van der Waals surface area contributed by atoms with Gasteiger partial charge in [-0.2, -0.15) is 0 Å². The summed E-state index contributed by atoms with van der Waals surface area (Å²) in [5.74, 6) is -2.46. The van der Waals surface area contributed by atoms with Crippen molar-refractivity contribution >= 4 is 17.5 Å². The lowest BCUT2D eigenvalue weighted by Crippen LogP contribution is -2.69. The standard InChI is InChI=1S/C23H34O7/c1-12(24)30-11-21(2)6-5-7-22(3)16(21)9-17(26)23-18(22)15(25)8-13(19(23)27)14(10-29-4)20(23)28/h13-14,16-19,26-27H,5-11H2,1-4H3/t13-,14+,16+,17+,18-,19+,21+,22+,23-/m0/s1. The van der Waals surface area contributed by atoms with Crippen LogP contribution in [-0.4, -0.2) is 60.3 Å². The Kier molecular flexibility index (Phi) is 5.19. The number of fused-ring (bicyclic) bond motifs is 3. The Morgan fingerprint density at radius 1 is 1.20 bits per heavy atom. The molecule has 168 valence electrons. The molecule has 30 heavy (non-hydrogen) atoms. The average Bonchev–Trinajstić information content (AvgIpc) is 2.79. The lowest BCUT2D eigenvalue weighted by molar-refractivity contribution is -0.226. The van der Waals surface area contributed by atoms with Crippen molar-refractivity contribution in [3.8, 4) is 0 Å². The number of hydrogen-bond acceptors (Lipinski definition) is 7. The van der Waals surface area contributed by atoms with Crippen LogP contribution in [0.1, 0.15) is 52.9 Å². The Balaban J connectivity index is 1.80. The normalized spacial score (nSPS) is 50.1. The summed E-state index contributed by atoms with van der Waals surface area (Å²) in [6.45, 7) is 5.86. The minimum atomic E-state index is -1.45. The van der Waals surface area contributed by atoms with Crippen molar-refractivity contribution in [2.24, 2.45) is 39.9 Å². The van der Waals surface area contributed by atoms with Crippen LogP contribution in [0.4, 0.5) is 0 Å². The number of esters is 1. The monoisotopic (exact) mass is 422 g/mol. The lowest BCUT2D eigenvalue weighted by atomic mass is 9.39. The van der Waals surface area contributed by atoms with Gasteiger partial charge >= 0.3 is 5.97 Å². The first-order valence-corrected chi connectivity index (χ1v) is 11.1. The van der Waals surface area contributed by atoms with E-state index < -0.39 is 46.2 Å². The van der Waals surface area contributed by atoms with E-state index in [1.165, 1.54) is 14.0 Å². The second-order valence-corrected chi connectivity index (χ2v) is 10.7. The SMILES string of the molecule is COC[C@H]1C(=O)[C@@]23[C@H](O)C[C@@H]4[C@@](C)(COC(C)=O)CCC[C@@]4(C)[C@@H]2C(=O)C[C@@H]1[C@H]3O. The summed E-state index contributed by atoms with van der Waals surface area (Å²) in [5.41, 5.74) is -2.39. The first-order chi connectivity index (χ1) is 14.0. The molecule has 0 saturated heterocycles. The molecule has 4 aliphatic carbocycles. The van der Waals surface area contributed by atoms with E-state index in [1.54, 1.807) is 0 Å². The molecule has 7 nitrogen and oxygen atoms in total. The third-order valence-electron chi connectivity index (χ3n) is 9.13. The van der Waals surface area contributed by atoms with Crippen LogP contribution in [-0.2, 0) is 23.9 Å². The van der Waals surface area contributed by atoms with Gasteiger partial charge in [0, 0.05) is 43.6 Å². The molecule has 0 radical (unpaired) electrons. The van der Waals surface area contributed by atoms with E-state index in [9.17, 15) is 24.6 Å². The molecule has 9 atom stereocenters. The van der Waals surface area contributed by atoms with Crippen LogP contribution in [0.5, 0.6) is 0 Å². The highest BCUT2D eigenvalue weighted by atomic mass is 16.5. The van der Waals surface area contributed by atoms with Crippen LogP contribution in [0.15, 0.2) is 0 Å². The number of rotatable bonds is 4. The molecule has 0 amide bonds. The maximum absolute atomic E-state index is 13.7. The maximum Gasteiger partial charge on any atom is 0.302 e. The minimum Gasteiger partial charge on any atom is -0.465 e. The van der Waals surface area contributed by atoms with Crippen molar-refractivity contribution in [2.75, 3.05) is 20.3 Å². The van der Waals surface area contributed by atoms with Crippen LogP contribution in [0.3, 0.4) is 0 Å². The summed E-state index contributed by atoms with van der Waals surface area (Å²) < 4.78 is 10.6. The number of aliphatic hydroxyl groups is 2. The smallest absolute Gasteiger partial charge is 0.302 e. The number of methoxy groups -OCH3 is 1.